The average Bonchev–Trinajstić information content (AvgIpc) is 2.99. The van der Waals surface area contributed by atoms with Gasteiger partial charge in [-0.05, 0) is 5.56 Å². The van der Waals surface area contributed by atoms with Gasteiger partial charge in [0.2, 0.25) is 11.5 Å². The first-order valence-electron chi connectivity index (χ1n) is 6.52. The number of aromatic amines is 1. The predicted octanol–water partition coefficient (Wildman–Crippen LogP) is 0.902. The van der Waals surface area contributed by atoms with Gasteiger partial charge in [0.15, 0.2) is 5.65 Å². The zero-order valence-electron chi connectivity index (χ0n) is 11.5. The highest BCUT2D eigenvalue weighted by Gasteiger charge is 2.14. The summed E-state index contributed by atoms with van der Waals surface area (Å²) in [7, 11) is 0. The lowest BCUT2D eigenvalue weighted by molar-refractivity contribution is -0.137. The molecule has 0 bridgehead atoms. The van der Waals surface area contributed by atoms with Crippen molar-refractivity contribution >= 4 is 17.1 Å². The van der Waals surface area contributed by atoms with E-state index in [2.05, 4.69) is 15.0 Å². The third-order valence-electron chi connectivity index (χ3n) is 3.06. The van der Waals surface area contributed by atoms with Crippen molar-refractivity contribution in [2.75, 3.05) is 0 Å². The Labute approximate surface area is 124 Å². The van der Waals surface area contributed by atoms with Crippen LogP contribution in [0, 0.1) is 5.41 Å². The first-order chi connectivity index (χ1) is 10.6. The highest BCUT2D eigenvalue weighted by molar-refractivity contribution is 5.77. The largest absolute Gasteiger partial charge is 0.480 e. The lowest BCUT2D eigenvalue weighted by Gasteiger charge is -2.09. The second-order valence-corrected chi connectivity index (χ2v) is 4.60. The third kappa shape index (κ3) is 2.66. The van der Waals surface area contributed by atoms with E-state index in [1.54, 1.807) is 0 Å². The molecule has 3 N–H and O–H groups in total. The molecule has 0 fully saturated rings. The predicted molar refractivity (Wildman–Crippen MR) is 76.1 cm³/mol. The molecule has 2 aromatic heterocycles. The van der Waals surface area contributed by atoms with Gasteiger partial charge in [0.05, 0.1) is 6.33 Å². The van der Waals surface area contributed by atoms with E-state index in [4.69, 9.17) is 15.3 Å². The van der Waals surface area contributed by atoms with Crippen LogP contribution in [-0.4, -0.2) is 30.6 Å². The first-order valence-corrected chi connectivity index (χ1v) is 6.52. The number of nitrogens with one attached hydrogen (secondary N) is 2. The number of carboxylic acids is 1. The average molecular weight is 299 g/mol. The van der Waals surface area contributed by atoms with E-state index in [0.717, 1.165) is 5.56 Å². The number of fused-ring (bicyclic) bond motifs is 1. The minimum atomic E-state index is -1.07. The molecule has 0 aliphatic carbocycles. The van der Waals surface area contributed by atoms with Gasteiger partial charge < -0.3 is 14.8 Å². The van der Waals surface area contributed by atoms with Gasteiger partial charge >= 0.3 is 5.97 Å². The van der Waals surface area contributed by atoms with Gasteiger partial charge in [-0.25, -0.2) is 4.98 Å². The Bertz CT molecular complexity index is 869. The molecule has 8 heteroatoms. The maximum atomic E-state index is 10.9. The Hall–Kier alpha value is -3.16. The Morgan fingerprint density at radius 1 is 1.36 bits per heavy atom. The van der Waals surface area contributed by atoms with Crippen molar-refractivity contribution in [3.05, 3.63) is 47.8 Å². The van der Waals surface area contributed by atoms with Crippen LogP contribution in [0.3, 0.4) is 0 Å². The van der Waals surface area contributed by atoms with E-state index in [9.17, 15) is 4.79 Å². The van der Waals surface area contributed by atoms with Crippen LogP contribution >= 0.6 is 0 Å². The number of carboxylic acid groups (broad SMARTS) is 1. The summed E-state index contributed by atoms with van der Waals surface area (Å²) in [5.41, 5.74) is 1.54. The summed E-state index contributed by atoms with van der Waals surface area (Å²) in [6.45, 7) is -0.0868. The lowest BCUT2D eigenvalue weighted by atomic mass is 10.2. The van der Waals surface area contributed by atoms with Crippen LogP contribution < -0.4 is 10.4 Å². The molecule has 0 radical (unpaired) electrons. The molecule has 2 heterocycles. The maximum absolute atomic E-state index is 10.9. The van der Waals surface area contributed by atoms with Crippen LogP contribution in [0.2, 0.25) is 0 Å². The van der Waals surface area contributed by atoms with E-state index in [1.807, 2.05) is 30.3 Å². The van der Waals surface area contributed by atoms with Gasteiger partial charge in [-0.2, -0.15) is 4.98 Å². The number of aromatic nitrogens is 4. The number of carbonyl (C=O) groups is 1. The van der Waals surface area contributed by atoms with Crippen molar-refractivity contribution < 1.29 is 14.6 Å². The van der Waals surface area contributed by atoms with Crippen LogP contribution in [0.4, 0.5) is 0 Å². The number of nitrogens with zero attached hydrogens (tertiary/aromatic N) is 3. The van der Waals surface area contributed by atoms with Crippen molar-refractivity contribution in [3.63, 3.8) is 0 Å². The number of benzene rings is 1. The van der Waals surface area contributed by atoms with E-state index >= 15 is 0 Å². The van der Waals surface area contributed by atoms with E-state index in [0.29, 0.717) is 17.8 Å². The number of hydrogen-bond donors (Lipinski definition) is 3. The molecule has 1 aromatic carbocycles. The SMILES string of the molecule is N=c1nc(OCc2ccccc2)c2[nH]cnc2n1CC(=O)O. The molecule has 0 saturated heterocycles. The monoisotopic (exact) mass is 299 g/mol. The minimum absolute atomic E-state index is 0.218. The standard InChI is InChI=1S/C14H13N5O3/c15-14-18-13(22-7-9-4-2-1-3-5-9)11-12(17-8-16-11)19(14)6-10(20)21/h1-5,8,15H,6-7H2,(H,16,17)(H,20,21). The van der Waals surface area contributed by atoms with Crippen LogP contribution in [0.15, 0.2) is 36.7 Å². The molecular formula is C14H13N5O3. The number of imidazole rings is 1. The fraction of sp³-hybridized carbons (Fsp3) is 0.143. The maximum Gasteiger partial charge on any atom is 0.323 e. The zero-order chi connectivity index (χ0) is 15.5. The molecule has 0 amide bonds. The fourth-order valence-electron chi connectivity index (χ4n) is 2.08. The Morgan fingerprint density at radius 2 is 2.14 bits per heavy atom. The van der Waals surface area contributed by atoms with Gasteiger partial charge in [-0.1, -0.05) is 30.3 Å². The summed E-state index contributed by atoms with van der Waals surface area (Å²) in [4.78, 5) is 21.8. The number of hydrogen-bond acceptors (Lipinski definition) is 5. The zero-order valence-corrected chi connectivity index (χ0v) is 11.5. The number of ether oxygens (including phenoxy) is 1. The minimum Gasteiger partial charge on any atom is -0.480 e. The molecule has 0 aliphatic heterocycles. The van der Waals surface area contributed by atoms with Crippen LogP contribution in [0.1, 0.15) is 5.56 Å². The summed E-state index contributed by atoms with van der Waals surface area (Å²) >= 11 is 0. The summed E-state index contributed by atoms with van der Waals surface area (Å²) in [6.07, 6.45) is 1.42. The molecular weight excluding hydrogens is 286 g/mol. The van der Waals surface area contributed by atoms with Crippen molar-refractivity contribution in [1.29, 1.82) is 5.41 Å². The highest BCUT2D eigenvalue weighted by atomic mass is 16.5. The first kappa shape index (κ1) is 13.8. The van der Waals surface area contributed by atoms with Crippen molar-refractivity contribution in [1.82, 2.24) is 19.5 Å². The highest BCUT2D eigenvalue weighted by Crippen LogP contribution is 2.18. The molecule has 0 aliphatic rings. The molecule has 8 nitrogen and oxygen atoms in total. The Morgan fingerprint density at radius 3 is 2.86 bits per heavy atom. The van der Waals surface area contributed by atoms with Crippen molar-refractivity contribution in [3.8, 4) is 5.88 Å². The molecule has 0 saturated carbocycles. The normalized spacial score (nSPS) is 10.7. The molecule has 3 rings (SSSR count). The molecule has 22 heavy (non-hydrogen) atoms. The van der Waals surface area contributed by atoms with Crippen LogP contribution in [-0.2, 0) is 17.9 Å². The van der Waals surface area contributed by atoms with Gasteiger partial charge in [-0.15, -0.1) is 0 Å². The van der Waals surface area contributed by atoms with Gasteiger partial charge in [0, 0.05) is 0 Å². The quantitative estimate of drug-likeness (QED) is 0.647. The smallest absolute Gasteiger partial charge is 0.323 e. The van der Waals surface area contributed by atoms with Gasteiger partial charge in [0.25, 0.3) is 0 Å². The number of rotatable bonds is 5. The molecule has 0 spiro atoms. The van der Waals surface area contributed by atoms with Crippen molar-refractivity contribution in [2.24, 2.45) is 0 Å². The van der Waals surface area contributed by atoms with Gasteiger partial charge in [-0.3, -0.25) is 14.8 Å². The summed E-state index contributed by atoms with van der Waals surface area (Å²) in [5, 5.41) is 16.8. The molecule has 0 unspecified atom stereocenters. The summed E-state index contributed by atoms with van der Waals surface area (Å²) in [5.74, 6) is -0.842. The second kappa shape index (κ2) is 5.68. The Balaban J connectivity index is 1.96. The number of H-pyrrole nitrogens is 1. The number of aliphatic carboxylic acids is 1. The molecule has 112 valence electrons. The van der Waals surface area contributed by atoms with E-state index in [-0.39, 0.29) is 18.0 Å². The van der Waals surface area contributed by atoms with Crippen LogP contribution in [0.25, 0.3) is 11.2 Å². The Kier molecular flexibility index (Phi) is 3.57. The van der Waals surface area contributed by atoms with E-state index < -0.39 is 5.97 Å². The van der Waals surface area contributed by atoms with Crippen molar-refractivity contribution in [2.45, 2.75) is 13.2 Å². The molecule has 3 aromatic rings. The van der Waals surface area contributed by atoms with Gasteiger partial charge in [0.1, 0.15) is 18.7 Å². The topological polar surface area (TPSA) is 117 Å². The second-order valence-electron chi connectivity index (χ2n) is 4.60. The summed E-state index contributed by atoms with van der Waals surface area (Å²) < 4.78 is 6.84. The van der Waals surface area contributed by atoms with Crippen LogP contribution in [0.5, 0.6) is 5.88 Å². The fourth-order valence-corrected chi connectivity index (χ4v) is 2.08. The summed E-state index contributed by atoms with van der Waals surface area (Å²) in [6, 6.07) is 9.55. The van der Waals surface area contributed by atoms with E-state index in [1.165, 1.54) is 10.9 Å². The molecule has 0 atom stereocenters. The third-order valence-corrected chi connectivity index (χ3v) is 3.06. The lowest BCUT2D eigenvalue weighted by Crippen LogP contribution is -2.27.